The van der Waals surface area contributed by atoms with Crippen molar-refractivity contribution in [3.8, 4) is 0 Å². The molecule has 0 amide bonds. The zero-order chi connectivity index (χ0) is 15.0. The molecule has 1 fully saturated rings. The van der Waals surface area contributed by atoms with Crippen LogP contribution in [0.2, 0.25) is 5.15 Å². The maximum atomic E-state index is 9.61. The lowest BCUT2D eigenvalue weighted by Crippen LogP contribution is -2.30. The fourth-order valence-electron chi connectivity index (χ4n) is 3.15. The molecule has 2 atom stereocenters. The van der Waals surface area contributed by atoms with Gasteiger partial charge in [0.25, 0.3) is 0 Å². The molecule has 3 rings (SSSR count). The Bertz CT molecular complexity index is 660. The summed E-state index contributed by atoms with van der Waals surface area (Å²) in [5.74, 6) is 0.481. The topological polar surface area (TPSA) is 36.4 Å². The Morgan fingerprint density at radius 1 is 1.43 bits per heavy atom. The SMILES string of the molecule is CC1CN(Cc2cc3ccccc3nc2Cl)CC1(C)CO. The van der Waals surface area contributed by atoms with Crippen LogP contribution in [0.4, 0.5) is 0 Å². The second kappa shape index (κ2) is 5.56. The number of halogens is 1. The van der Waals surface area contributed by atoms with E-state index in [4.69, 9.17) is 11.6 Å². The van der Waals surface area contributed by atoms with Crippen molar-refractivity contribution in [2.24, 2.45) is 11.3 Å². The van der Waals surface area contributed by atoms with Crippen LogP contribution in [0.5, 0.6) is 0 Å². The molecule has 1 aliphatic rings. The van der Waals surface area contributed by atoms with Crippen LogP contribution < -0.4 is 0 Å². The van der Waals surface area contributed by atoms with E-state index in [1.54, 1.807) is 0 Å². The molecule has 1 saturated heterocycles. The first-order valence-electron chi connectivity index (χ1n) is 7.39. The molecule has 112 valence electrons. The van der Waals surface area contributed by atoms with Gasteiger partial charge in [0.15, 0.2) is 0 Å². The highest BCUT2D eigenvalue weighted by molar-refractivity contribution is 6.30. The van der Waals surface area contributed by atoms with Crippen molar-refractivity contribution in [1.29, 1.82) is 0 Å². The van der Waals surface area contributed by atoms with E-state index in [1.165, 1.54) is 0 Å². The molecule has 0 bridgehead atoms. The van der Waals surface area contributed by atoms with E-state index in [9.17, 15) is 5.11 Å². The summed E-state index contributed by atoms with van der Waals surface area (Å²) in [5.41, 5.74) is 1.97. The summed E-state index contributed by atoms with van der Waals surface area (Å²) >= 11 is 6.34. The minimum Gasteiger partial charge on any atom is -0.396 e. The highest BCUT2D eigenvalue weighted by Crippen LogP contribution is 2.36. The number of hydrogen-bond acceptors (Lipinski definition) is 3. The molecule has 0 saturated carbocycles. The minimum atomic E-state index is -0.0171. The molecule has 2 unspecified atom stereocenters. The van der Waals surface area contributed by atoms with Gasteiger partial charge in [-0.25, -0.2) is 4.98 Å². The number of hydrogen-bond donors (Lipinski definition) is 1. The van der Waals surface area contributed by atoms with E-state index >= 15 is 0 Å². The summed E-state index contributed by atoms with van der Waals surface area (Å²) in [4.78, 5) is 6.84. The van der Waals surface area contributed by atoms with Crippen molar-refractivity contribution in [2.45, 2.75) is 20.4 Å². The molecule has 1 N–H and O–H groups in total. The lowest BCUT2D eigenvalue weighted by molar-refractivity contribution is 0.117. The van der Waals surface area contributed by atoms with E-state index < -0.39 is 0 Å². The first-order valence-corrected chi connectivity index (χ1v) is 7.77. The van der Waals surface area contributed by atoms with Gasteiger partial charge in [-0.15, -0.1) is 0 Å². The Hall–Kier alpha value is -1.16. The van der Waals surface area contributed by atoms with Crippen LogP contribution in [0.25, 0.3) is 10.9 Å². The third-order valence-electron chi connectivity index (χ3n) is 4.81. The number of pyridine rings is 1. The van der Waals surface area contributed by atoms with Crippen LogP contribution in [0.1, 0.15) is 19.4 Å². The first kappa shape index (κ1) is 14.8. The van der Waals surface area contributed by atoms with Gasteiger partial charge in [0.05, 0.1) is 5.52 Å². The summed E-state index contributed by atoms with van der Waals surface area (Å²) in [6.45, 7) is 7.26. The molecule has 2 heterocycles. The highest BCUT2D eigenvalue weighted by Gasteiger charge is 2.39. The van der Waals surface area contributed by atoms with Crippen molar-refractivity contribution in [1.82, 2.24) is 9.88 Å². The predicted molar refractivity (Wildman–Crippen MR) is 86.4 cm³/mol. The molecule has 2 aromatic rings. The first-order chi connectivity index (χ1) is 10.0. The molecule has 4 heteroatoms. The molecule has 3 nitrogen and oxygen atoms in total. The van der Waals surface area contributed by atoms with Gasteiger partial charge in [-0.2, -0.15) is 0 Å². The molecular weight excluding hydrogens is 284 g/mol. The van der Waals surface area contributed by atoms with E-state index in [0.717, 1.165) is 36.1 Å². The normalized spacial score (nSPS) is 26.6. The number of fused-ring (bicyclic) bond motifs is 1. The van der Waals surface area contributed by atoms with Gasteiger partial charge in [-0.1, -0.05) is 43.6 Å². The number of aliphatic hydroxyl groups is 1. The molecular formula is C17H21ClN2O. The third-order valence-corrected chi connectivity index (χ3v) is 5.14. The van der Waals surface area contributed by atoms with Crippen LogP contribution in [-0.2, 0) is 6.54 Å². The van der Waals surface area contributed by atoms with Crippen LogP contribution in [0.3, 0.4) is 0 Å². The fourth-order valence-corrected chi connectivity index (χ4v) is 3.36. The molecule has 1 aromatic heterocycles. The molecule has 0 radical (unpaired) electrons. The van der Waals surface area contributed by atoms with Gasteiger partial charge < -0.3 is 5.11 Å². The third kappa shape index (κ3) is 2.78. The van der Waals surface area contributed by atoms with Crippen molar-refractivity contribution in [2.75, 3.05) is 19.7 Å². The van der Waals surface area contributed by atoms with Crippen LogP contribution in [0, 0.1) is 11.3 Å². The van der Waals surface area contributed by atoms with Gasteiger partial charge in [0.1, 0.15) is 5.15 Å². The van der Waals surface area contributed by atoms with Gasteiger partial charge in [-0.3, -0.25) is 4.90 Å². The number of benzene rings is 1. The van der Waals surface area contributed by atoms with Crippen molar-refractivity contribution >= 4 is 22.5 Å². The molecule has 21 heavy (non-hydrogen) atoms. The Morgan fingerprint density at radius 3 is 2.90 bits per heavy atom. The predicted octanol–water partition coefficient (Wildman–Crippen LogP) is 3.34. The summed E-state index contributed by atoms with van der Waals surface area (Å²) < 4.78 is 0. The Morgan fingerprint density at radius 2 is 2.19 bits per heavy atom. The summed E-state index contributed by atoms with van der Waals surface area (Å²) in [5, 5.41) is 11.3. The number of likely N-dealkylation sites (tertiary alicyclic amines) is 1. The maximum Gasteiger partial charge on any atom is 0.134 e. The average Bonchev–Trinajstić information content (AvgIpc) is 2.75. The second-order valence-electron chi connectivity index (χ2n) is 6.51. The highest BCUT2D eigenvalue weighted by atomic mass is 35.5. The van der Waals surface area contributed by atoms with Gasteiger partial charge in [0, 0.05) is 42.6 Å². The summed E-state index contributed by atoms with van der Waals surface area (Å²) in [6.07, 6.45) is 0. The van der Waals surface area contributed by atoms with Gasteiger partial charge >= 0.3 is 0 Å². The van der Waals surface area contributed by atoms with E-state index in [-0.39, 0.29) is 12.0 Å². The van der Waals surface area contributed by atoms with Crippen molar-refractivity contribution in [3.63, 3.8) is 0 Å². The number of aliphatic hydroxyl groups excluding tert-OH is 1. The van der Waals surface area contributed by atoms with Crippen LogP contribution in [0.15, 0.2) is 30.3 Å². The van der Waals surface area contributed by atoms with Gasteiger partial charge in [0.2, 0.25) is 0 Å². The number of nitrogens with zero attached hydrogens (tertiary/aromatic N) is 2. The lowest BCUT2D eigenvalue weighted by Gasteiger charge is -2.25. The average molecular weight is 305 g/mol. The Balaban J connectivity index is 1.84. The zero-order valence-corrected chi connectivity index (χ0v) is 13.3. The largest absolute Gasteiger partial charge is 0.396 e. The monoisotopic (exact) mass is 304 g/mol. The van der Waals surface area contributed by atoms with Crippen molar-refractivity contribution in [3.05, 3.63) is 41.0 Å². The quantitative estimate of drug-likeness (QED) is 0.884. The number of aromatic nitrogens is 1. The van der Waals surface area contributed by atoms with E-state index in [1.807, 2.05) is 18.2 Å². The second-order valence-corrected chi connectivity index (χ2v) is 6.87. The summed E-state index contributed by atoms with van der Waals surface area (Å²) in [7, 11) is 0. The number of rotatable bonds is 3. The fraction of sp³-hybridized carbons (Fsp3) is 0.471. The molecule has 0 aliphatic carbocycles. The van der Waals surface area contributed by atoms with Crippen molar-refractivity contribution < 1.29 is 5.11 Å². The summed E-state index contributed by atoms with van der Waals surface area (Å²) in [6, 6.07) is 10.2. The Labute approximate surface area is 130 Å². The van der Waals surface area contributed by atoms with E-state index in [0.29, 0.717) is 11.1 Å². The smallest absolute Gasteiger partial charge is 0.134 e. The van der Waals surface area contributed by atoms with Crippen LogP contribution >= 0.6 is 11.6 Å². The van der Waals surface area contributed by atoms with E-state index in [2.05, 4.69) is 35.9 Å². The lowest BCUT2D eigenvalue weighted by atomic mass is 9.82. The Kier molecular flexibility index (Phi) is 3.91. The van der Waals surface area contributed by atoms with Gasteiger partial charge in [-0.05, 0) is 18.1 Å². The molecule has 1 aliphatic heterocycles. The minimum absolute atomic E-state index is 0.0171. The van der Waals surface area contributed by atoms with Crippen LogP contribution in [-0.4, -0.2) is 34.7 Å². The molecule has 1 aromatic carbocycles. The standard InChI is InChI=1S/C17H21ClN2O/c1-12-8-20(10-17(12,2)11-21)9-14-7-13-5-3-4-6-15(13)19-16(14)18/h3-7,12,21H,8-11H2,1-2H3. The molecule has 0 spiro atoms. The maximum absolute atomic E-state index is 9.61. The number of para-hydroxylation sites is 1. The zero-order valence-electron chi connectivity index (χ0n) is 12.5.